The lowest BCUT2D eigenvalue weighted by Crippen LogP contribution is -2.38. The van der Waals surface area contributed by atoms with Gasteiger partial charge in [-0.05, 0) is 66.5 Å². The minimum Gasteiger partial charge on any atom is -0.372 e. The summed E-state index contributed by atoms with van der Waals surface area (Å²) in [5.41, 5.74) is 7.14. The van der Waals surface area contributed by atoms with E-state index in [2.05, 4.69) is 52.7 Å². The maximum absolute atomic E-state index is 6.17. The lowest BCUT2D eigenvalue weighted by molar-refractivity contribution is 0.385. The van der Waals surface area contributed by atoms with Crippen molar-refractivity contribution in [1.29, 1.82) is 0 Å². The largest absolute Gasteiger partial charge is 0.372 e. The molecule has 2 N–H and O–H groups in total. The molecule has 0 atom stereocenters. The molecule has 94 valence electrons. The van der Waals surface area contributed by atoms with Crippen molar-refractivity contribution in [2.24, 2.45) is 5.73 Å². The Bertz CT molecular complexity index is 389. The monoisotopic (exact) mass is 364 g/mol. The zero-order chi connectivity index (χ0) is 12.4. The van der Waals surface area contributed by atoms with Gasteiger partial charge in [0.1, 0.15) is 0 Å². The van der Waals surface area contributed by atoms with Crippen LogP contribution in [0.2, 0.25) is 5.02 Å². The Morgan fingerprint density at radius 2 is 1.94 bits per heavy atom. The highest BCUT2D eigenvalue weighted by Gasteiger charge is 2.22. The topological polar surface area (TPSA) is 29.3 Å². The van der Waals surface area contributed by atoms with Crippen LogP contribution in [0.1, 0.15) is 25.7 Å². The Morgan fingerprint density at radius 3 is 2.53 bits per heavy atom. The van der Waals surface area contributed by atoms with E-state index in [1.807, 2.05) is 0 Å². The molecule has 0 unspecified atom stereocenters. The molecule has 1 aromatic rings. The maximum atomic E-state index is 6.17. The molecule has 0 radical (unpaired) electrons. The Balaban J connectivity index is 2.08. The second kappa shape index (κ2) is 5.76. The summed E-state index contributed by atoms with van der Waals surface area (Å²) < 4.78 is 1.10. The van der Waals surface area contributed by atoms with Gasteiger partial charge in [-0.3, -0.25) is 0 Å². The van der Waals surface area contributed by atoms with E-state index in [-0.39, 0.29) is 0 Å². The van der Waals surface area contributed by atoms with Crippen LogP contribution in [0.5, 0.6) is 0 Å². The van der Waals surface area contributed by atoms with Crippen LogP contribution in [-0.4, -0.2) is 19.1 Å². The van der Waals surface area contributed by atoms with Gasteiger partial charge in [0.2, 0.25) is 0 Å². The summed E-state index contributed by atoms with van der Waals surface area (Å²) in [5, 5.41) is 0.836. The van der Waals surface area contributed by atoms with E-state index in [1.54, 1.807) is 0 Å². The highest BCUT2D eigenvalue weighted by atomic mass is 127. The summed E-state index contributed by atoms with van der Waals surface area (Å²) in [4.78, 5) is 2.34. The van der Waals surface area contributed by atoms with Crippen molar-refractivity contribution < 1.29 is 0 Å². The molecule has 1 saturated carbocycles. The van der Waals surface area contributed by atoms with Gasteiger partial charge < -0.3 is 10.6 Å². The molecular formula is C13H18ClIN2. The van der Waals surface area contributed by atoms with Crippen molar-refractivity contribution in [3.05, 3.63) is 26.8 Å². The third-order valence-corrected chi connectivity index (χ3v) is 5.17. The first kappa shape index (κ1) is 13.4. The van der Waals surface area contributed by atoms with Crippen molar-refractivity contribution in [2.45, 2.75) is 37.8 Å². The predicted molar refractivity (Wildman–Crippen MR) is 82.8 cm³/mol. The Labute approximate surface area is 122 Å². The molecule has 0 aromatic heterocycles. The van der Waals surface area contributed by atoms with Gasteiger partial charge in [-0.2, -0.15) is 0 Å². The van der Waals surface area contributed by atoms with Gasteiger partial charge >= 0.3 is 0 Å². The molecule has 2 rings (SSSR count). The van der Waals surface area contributed by atoms with Crippen molar-refractivity contribution in [1.82, 2.24) is 0 Å². The summed E-state index contributed by atoms with van der Waals surface area (Å²) in [6.45, 7) is 0. The first-order valence-corrected chi connectivity index (χ1v) is 7.47. The number of rotatable bonds is 2. The van der Waals surface area contributed by atoms with Crippen molar-refractivity contribution >= 4 is 39.9 Å². The van der Waals surface area contributed by atoms with Crippen LogP contribution in [-0.2, 0) is 0 Å². The molecule has 0 spiro atoms. The average Bonchev–Trinajstić information content (AvgIpc) is 2.33. The van der Waals surface area contributed by atoms with Gasteiger partial charge in [0.05, 0.1) is 5.02 Å². The molecular weight excluding hydrogens is 347 g/mol. The Hall–Kier alpha value is -0.000000000000000132. The zero-order valence-electron chi connectivity index (χ0n) is 10.00. The molecule has 0 saturated heterocycles. The van der Waals surface area contributed by atoms with Gasteiger partial charge in [0.25, 0.3) is 0 Å². The molecule has 1 aliphatic rings. The van der Waals surface area contributed by atoms with E-state index < -0.39 is 0 Å². The van der Waals surface area contributed by atoms with Gasteiger partial charge in [0.15, 0.2) is 0 Å². The van der Waals surface area contributed by atoms with E-state index >= 15 is 0 Å². The smallest absolute Gasteiger partial charge is 0.0560 e. The number of hydrogen-bond donors (Lipinski definition) is 1. The third kappa shape index (κ3) is 3.26. The Kier molecular flexibility index (Phi) is 4.55. The van der Waals surface area contributed by atoms with Crippen LogP contribution in [0, 0.1) is 3.57 Å². The van der Waals surface area contributed by atoms with Crippen molar-refractivity contribution in [3.8, 4) is 0 Å². The fraction of sp³-hybridized carbons (Fsp3) is 0.538. The fourth-order valence-corrected chi connectivity index (χ4v) is 2.91. The molecule has 17 heavy (non-hydrogen) atoms. The molecule has 0 aliphatic heterocycles. The van der Waals surface area contributed by atoms with Crippen molar-refractivity contribution in [2.75, 3.05) is 11.9 Å². The molecule has 1 aromatic carbocycles. The lowest BCUT2D eigenvalue weighted by atomic mass is 9.91. The van der Waals surface area contributed by atoms with Crippen LogP contribution >= 0.6 is 34.2 Å². The first-order valence-electron chi connectivity index (χ1n) is 6.01. The van der Waals surface area contributed by atoms with Gasteiger partial charge in [0, 0.05) is 28.4 Å². The number of nitrogens with two attached hydrogens (primary N) is 1. The molecule has 4 heteroatoms. The van der Waals surface area contributed by atoms with E-state index in [0.717, 1.165) is 21.4 Å². The van der Waals surface area contributed by atoms with Crippen LogP contribution in [0.3, 0.4) is 0 Å². The summed E-state index contributed by atoms with van der Waals surface area (Å²) in [6, 6.07) is 7.27. The molecule has 1 aliphatic carbocycles. The van der Waals surface area contributed by atoms with E-state index in [0.29, 0.717) is 12.1 Å². The summed E-state index contributed by atoms with van der Waals surface area (Å²) in [6.07, 6.45) is 4.63. The second-order valence-corrected chi connectivity index (χ2v) is 6.35. The quantitative estimate of drug-likeness (QED) is 0.812. The average molecular weight is 365 g/mol. The number of hydrogen-bond acceptors (Lipinski definition) is 2. The maximum Gasteiger partial charge on any atom is 0.0560 e. The summed E-state index contributed by atoms with van der Waals surface area (Å²) >= 11 is 8.42. The van der Waals surface area contributed by atoms with Crippen LogP contribution < -0.4 is 10.6 Å². The third-order valence-electron chi connectivity index (χ3n) is 3.60. The summed E-state index contributed by atoms with van der Waals surface area (Å²) in [5.74, 6) is 0. The second-order valence-electron chi connectivity index (χ2n) is 4.78. The van der Waals surface area contributed by atoms with Crippen LogP contribution in [0.25, 0.3) is 0 Å². The highest BCUT2D eigenvalue weighted by Crippen LogP contribution is 2.29. The summed E-state index contributed by atoms with van der Waals surface area (Å²) in [7, 11) is 2.15. The minimum atomic E-state index is 0.403. The highest BCUT2D eigenvalue weighted by molar-refractivity contribution is 14.1. The normalized spacial score (nSPS) is 24.7. The van der Waals surface area contributed by atoms with Gasteiger partial charge in [-0.25, -0.2) is 0 Å². The van der Waals surface area contributed by atoms with Crippen LogP contribution in [0.4, 0.5) is 5.69 Å². The van der Waals surface area contributed by atoms with E-state index in [4.69, 9.17) is 17.3 Å². The number of halogens is 2. The molecule has 2 nitrogen and oxygen atoms in total. The SMILES string of the molecule is CN(c1ccc(I)c(Cl)c1)C1CCC(N)CC1. The minimum absolute atomic E-state index is 0.403. The van der Waals surface area contributed by atoms with Crippen LogP contribution in [0.15, 0.2) is 18.2 Å². The molecule has 1 fully saturated rings. The predicted octanol–water partition coefficient (Wildman–Crippen LogP) is 3.65. The number of benzene rings is 1. The number of anilines is 1. The van der Waals surface area contributed by atoms with Crippen molar-refractivity contribution in [3.63, 3.8) is 0 Å². The first-order chi connectivity index (χ1) is 8.08. The zero-order valence-corrected chi connectivity index (χ0v) is 12.9. The number of nitrogens with zero attached hydrogens (tertiary/aromatic N) is 1. The van der Waals surface area contributed by atoms with Gasteiger partial charge in [-0.15, -0.1) is 0 Å². The molecule has 0 amide bonds. The fourth-order valence-electron chi connectivity index (χ4n) is 2.40. The van der Waals surface area contributed by atoms with Gasteiger partial charge in [-0.1, -0.05) is 11.6 Å². The lowest BCUT2D eigenvalue weighted by Gasteiger charge is -2.35. The standard InChI is InChI=1S/C13H18ClIN2/c1-17(10-4-2-9(16)3-5-10)11-6-7-13(15)12(14)8-11/h6-10H,2-5,16H2,1H3. The molecule has 0 heterocycles. The molecule has 0 bridgehead atoms. The Morgan fingerprint density at radius 1 is 1.29 bits per heavy atom. The van der Waals surface area contributed by atoms with E-state index in [1.165, 1.54) is 18.5 Å². The van der Waals surface area contributed by atoms with E-state index in [9.17, 15) is 0 Å².